The van der Waals surface area contributed by atoms with Gasteiger partial charge < -0.3 is 15.2 Å². The molecule has 0 saturated carbocycles. The molecule has 0 aromatic carbocycles. The van der Waals surface area contributed by atoms with Crippen LogP contribution in [0.2, 0.25) is 0 Å². The van der Waals surface area contributed by atoms with Crippen molar-refractivity contribution in [2.45, 2.75) is 18.6 Å². The molecule has 0 amide bonds. The van der Waals surface area contributed by atoms with Crippen molar-refractivity contribution in [3.05, 3.63) is 0 Å². The quantitative estimate of drug-likeness (QED) is 0.494. The zero-order valence-electron chi connectivity index (χ0n) is 5.87. The molecule has 1 aliphatic heterocycles. The first kappa shape index (κ1) is 7.50. The van der Waals surface area contributed by atoms with Crippen LogP contribution < -0.4 is 5.73 Å². The molecule has 1 saturated heterocycles. The fourth-order valence-electron chi connectivity index (χ4n) is 0.947. The highest BCUT2D eigenvalue weighted by atomic mass is 16.6. The molecule has 0 aromatic rings. The van der Waals surface area contributed by atoms with Gasteiger partial charge >= 0.3 is 5.97 Å². The van der Waals surface area contributed by atoms with Crippen molar-refractivity contribution in [1.82, 2.24) is 0 Å². The van der Waals surface area contributed by atoms with E-state index in [4.69, 9.17) is 10.5 Å². The lowest BCUT2D eigenvalue weighted by Gasteiger charge is -2.04. The lowest BCUT2D eigenvalue weighted by molar-refractivity contribution is -0.151. The Hall–Kier alpha value is -0.610. The van der Waals surface area contributed by atoms with Gasteiger partial charge in [-0.25, -0.2) is 4.79 Å². The van der Waals surface area contributed by atoms with Gasteiger partial charge in [-0.15, -0.1) is 0 Å². The van der Waals surface area contributed by atoms with Crippen LogP contribution in [0.15, 0.2) is 0 Å². The SMILES string of the molecule is COC(=O)[C@H]1C[C@H](N)CO1. The Morgan fingerprint density at radius 1 is 1.80 bits per heavy atom. The third-order valence-electron chi connectivity index (χ3n) is 1.49. The molecule has 0 bridgehead atoms. The molecule has 1 heterocycles. The van der Waals surface area contributed by atoms with Gasteiger partial charge in [-0.05, 0) is 0 Å². The predicted molar refractivity (Wildman–Crippen MR) is 34.3 cm³/mol. The zero-order chi connectivity index (χ0) is 7.56. The van der Waals surface area contributed by atoms with Crippen molar-refractivity contribution < 1.29 is 14.3 Å². The molecule has 1 fully saturated rings. The third kappa shape index (κ3) is 1.46. The lowest BCUT2D eigenvalue weighted by atomic mass is 10.2. The fraction of sp³-hybridized carbons (Fsp3) is 0.833. The monoisotopic (exact) mass is 145 g/mol. The highest BCUT2D eigenvalue weighted by Crippen LogP contribution is 2.11. The van der Waals surface area contributed by atoms with E-state index in [9.17, 15) is 4.79 Å². The molecule has 58 valence electrons. The van der Waals surface area contributed by atoms with Gasteiger partial charge in [0.05, 0.1) is 13.7 Å². The summed E-state index contributed by atoms with van der Waals surface area (Å²) in [6, 6.07) is -0.0101. The number of carbonyl (C=O) groups excluding carboxylic acids is 1. The first-order valence-electron chi connectivity index (χ1n) is 3.19. The largest absolute Gasteiger partial charge is 0.467 e. The molecule has 1 rings (SSSR count). The van der Waals surface area contributed by atoms with Crippen LogP contribution in [0.4, 0.5) is 0 Å². The predicted octanol–water partition coefficient (Wildman–Crippen LogP) is -0.724. The Kier molecular flexibility index (Phi) is 2.24. The highest BCUT2D eigenvalue weighted by Gasteiger charge is 2.29. The van der Waals surface area contributed by atoms with Gasteiger partial charge in [0.25, 0.3) is 0 Å². The Bertz CT molecular complexity index is 137. The molecule has 0 unspecified atom stereocenters. The number of hydrogen-bond donors (Lipinski definition) is 1. The Labute approximate surface area is 59.3 Å². The van der Waals surface area contributed by atoms with E-state index in [1.165, 1.54) is 7.11 Å². The summed E-state index contributed by atoms with van der Waals surface area (Å²) < 4.78 is 9.48. The molecule has 0 aliphatic carbocycles. The van der Waals surface area contributed by atoms with Crippen LogP contribution in [0.3, 0.4) is 0 Å². The van der Waals surface area contributed by atoms with Crippen LogP contribution in [-0.4, -0.2) is 31.8 Å². The Morgan fingerprint density at radius 2 is 2.50 bits per heavy atom. The minimum Gasteiger partial charge on any atom is -0.467 e. The zero-order valence-corrected chi connectivity index (χ0v) is 5.87. The van der Waals surface area contributed by atoms with Crippen molar-refractivity contribution >= 4 is 5.97 Å². The van der Waals surface area contributed by atoms with Gasteiger partial charge in [0.15, 0.2) is 6.10 Å². The van der Waals surface area contributed by atoms with Crippen molar-refractivity contribution in [1.29, 1.82) is 0 Å². The standard InChI is InChI=1S/C6H11NO3/c1-9-6(8)5-2-4(7)3-10-5/h4-5H,2-3,7H2,1H3/t4-,5+/m0/s1. The van der Waals surface area contributed by atoms with Crippen molar-refractivity contribution in [3.63, 3.8) is 0 Å². The normalized spacial score (nSPS) is 32.2. The summed E-state index contributed by atoms with van der Waals surface area (Å²) in [6.07, 6.45) is 0.146. The van der Waals surface area contributed by atoms with E-state index in [-0.39, 0.29) is 12.0 Å². The summed E-state index contributed by atoms with van der Waals surface area (Å²) in [5.41, 5.74) is 5.48. The molecule has 0 aromatic heterocycles. The van der Waals surface area contributed by atoms with Crippen LogP contribution in [0.25, 0.3) is 0 Å². The summed E-state index contributed by atoms with van der Waals surface area (Å²) in [7, 11) is 1.34. The Balaban J connectivity index is 2.37. The first-order valence-corrected chi connectivity index (χ1v) is 3.19. The minimum atomic E-state index is -0.431. The minimum absolute atomic E-state index is 0.0101. The number of nitrogens with two attached hydrogens (primary N) is 1. The second-order valence-corrected chi connectivity index (χ2v) is 2.34. The van der Waals surface area contributed by atoms with Crippen LogP contribution in [-0.2, 0) is 14.3 Å². The second kappa shape index (κ2) is 2.98. The number of esters is 1. The summed E-state index contributed by atoms with van der Waals surface area (Å²) in [4.78, 5) is 10.8. The van der Waals surface area contributed by atoms with E-state index in [0.29, 0.717) is 13.0 Å². The molecular formula is C6H11NO3. The molecule has 2 N–H and O–H groups in total. The highest BCUT2D eigenvalue weighted by molar-refractivity contribution is 5.74. The van der Waals surface area contributed by atoms with Crippen LogP contribution in [0, 0.1) is 0 Å². The van der Waals surface area contributed by atoms with Gasteiger partial charge in [0.2, 0.25) is 0 Å². The fourth-order valence-corrected chi connectivity index (χ4v) is 0.947. The van der Waals surface area contributed by atoms with Crippen LogP contribution in [0.5, 0.6) is 0 Å². The van der Waals surface area contributed by atoms with Gasteiger partial charge in [-0.2, -0.15) is 0 Å². The first-order chi connectivity index (χ1) is 4.74. The van der Waals surface area contributed by atoms with Crippen molar-refractivity contribution in [3.8, 4) is 0 Å². The van der Waals surface area contributed by atoms with Gasteiger partial charge in [0, 0.05) is 12.5 Å². The number of rotatable bonds is 1. The lowest BCUT2D eigenvalue weighted by Crippen LogP contribution is -2.23. The molecule has 0 spiro atoms. The van der Waals surface area contributed by atoms with Crippen LogP contribution >= 0.6 is 0 Å². The number of hydrogen-bond acceptors (Lipinski definition) is 4. The molecule has 0 radical (unpaired) electrons. The maximum Gasteiger partial charge on any atom is 0.335 e. The van der Waals surface area contributed by atoms with E-state index in [2.05, 4.69) is 4.74 Å². The van der Waals surface area contributed by atoms with Gasteiger partial charge in [-0.1, -0.05) is 0 Å². The average molecular weight is 145 g/mol. The topological polar surface area (TPSA) is 61.5 Å². The van der Waals surface area contributed by atoms with E-state index >= 15 is 0 Å². The molecule has 2 atom stereocenters. The molecule has 10 heavy (non-hydrogen) atoms. The number of ether oxygens (including phenoxy) is 2. The van der Waals surface area contributed by atoms with E-state index in [1.54, 1.807) is 0 Å². The maximum absolute atomic E-state index is 10.8. The van der Waals surface area contributed by atoms with Gasteiger partial charge in [0.1, 0.15) is 0 Å². The maximum atomic E-state index is 10.8. The summed E-state index contributed by atoms with van der Waals surface area (Å²) >= 11 is 0. The molecule has 1 aliphatic rings. The third-order valence-corrected chi connectivity index (χ3v) is 1.49. The van der Waals surface area contributed by atoms with Crippen molar-refractivity contribution in [2.24, 2.45) is 5.73 Å². The second-order valence-electron chi connectivity index (χ2n) is 2.34. The van der Waals surface area contributed by atoms with E-state index in [0.717, 1.165) is 0 Å². The van der Waals surface area contributed by atoms with Gasteiger partial charge in [-0.3, -0.25) is 0 Å². The summed E-state index contributed by atoms with van der Waals surface area (Å²) in [5, 5.41) is 0. The summed E-state index contributed by atoms with van der Waals surface area (Å²) in [5.74, 6) is -0.326. The molecule has 4 nitrogen and oxygen atoms in total. The van der Waals surface area contributed by atoms with Crippen LogP contribution in [0.1, 0.15) is 6.42 Å². The molecule has 4 heteroatoms. The smallest absolute Gasteiger partial charge is 0.335 e. The van der Waals surface area contributed by atoms with E-state index < -0.39 is 6.10 Å². The number of methoxy groups -OCH3 is 1. The number of carbonyl (C=O) groups is 1. The van der Waals surface area contributed by atoms with E-state index in [1.807, 2.05) is 0 Å². The Morgan fingerprint density at radius 3 is 2.90 bits per heavy atom. The molecular weight excluding hydrogens is 134 g/mol. The summed E-state index contributed by atoms with van der Waals surface area (Å²) in [6.45, 7) is 0.458. The average Bonchev–Trinajstić information content (AvgIpc) is 2.34. The van der Waals surface area contributed by atoms with Crippen molar-refractivity contribution in [2.75, 3.05) is 13.7 Å².